The fourth-order valence-corrected chi connectivity index (χ4v) is 4.90. The molecule has 0 aromatic carbocycles. The number of nitrogens with zero attached hydrogens (tertiary/aromatic N) is 1. The monoisotopic (exact) mass is 365 g/mol. The molecule has 0 aliphatic heterocycles. The van der Waals surface area contributed by atoms with E-state index in [4.69, 9.17) is 0 Å². The van der Waals surface area contributed by atoms with Crippen molar-refractivity contribution < 1.29 is 0 Å². The second kappa shape index (κ2) is 5.98. The maximum atomic E-state index is 3.83. The van der Waals surface area contributed by atoms with Crippen LogP contribution in [0.15, 0.2) is 15.9 Å². The summed E-state index contributed by atoms with van der Waals surface area (Å²) in [5.74, 6) is 0. The largest absolute Gasteiger partial charge is 0.297 e. The summed E-state index contributed by atoms with van der Waals surface area (Å²) >= 11 is 9.19. The standard InChI is InChI=1S/C12H17Br2NS/c1-15(8-9-6-7-12(14)16-9)11-5-3-2-4-10(11)13/h6-7,10-11H,2-5,8H2,1H3. The topological polar surface area (TPSA) is 3.24 Å². The van der Waals surface area contributed by atoms with Crippen LogP contribution in [0, 0.1) is 0 Å². The molecule has 0 radical (unpaired) electrons. The Morgan fingerprint density at radius 1 is 1.38 bits per heavy atom. The van der Waals surface area contributed by atoms with E-state index < -0.39 is 0 Å². The van der Waals surface area contributed by atoms with E-state index in [1.807, 2.05) is 11.3 Å². The van der Waals surface area contributed by atoms with Crippen LogP contribution in [0.1, 0.15) is 30.6 Å². The zero-order valence-corrected chi connectivity index (χ0v) is 13.4. The first-order valence-corrected chi connectivity index (χ1v) is 8.28. The second-order valence-corrected chi connectivity index (χ2v) is 8.21. The van der Waals surface area contributed by atoms with Gasteiger partial charge in [-0.25, -0.2) is 0 Å². The van der Waals surface area contributed by atoms with Crippen LogP contribution in [0.2, 0.25) is 0 Å². The molecule has 16 heavy (non-hydrogen) atoms. The van der Waals surface area contributed by atoms with Crippen LogP contribution in [0.4, 0.5) is 0 Å². The Kier molecular flexibility index (Phi) is 4.89. The van der Waals surface area contributed by atoms with Crippen molar-refractivity contribution in [2.75, 3.05) is 7.05 Å². The van der Waals surface area contributed by atoms with E-state index in [1.54, 1.807) is 0 Å². The predicted molar refractivity (Wildman–Crippen MR) is 78.5 cm³/mol. The highest BCUT2D eigenvalue weighted by Crippen LogP contribution is 2.30. The summed E-state index contributed by atoms with van der Waals surface area (Å²) < 4.78 is 1.23. The van der Waals surface area contributed by atoms with E-state index in [0.717, 1.165) is 6.54 Å². The van der Waals surface area contributed by atoms with Crippen molar-refractivity contribution in [2.24, 2.45) is 0 Å². The molecule has 1 saturated carbocycles. The molecule has 1 aliphatic carbocycles. The lowest BCUT2D eigenvalue weighted by Crippen LogP contribution is -2.39. The van der Waals surface area contributed by atoms with Crippen molar-refractivity contribution in [3.05, 3.63) is 20.8 Å². The van der Waals surface area contributed by atoms with Gasteiger partial charge >= 0.3 is 0 Å². The van der Waals surface area contributed by atoms with E-state index in [2.05, 4.69) is 55.9 Å². The van der Waals surface area contributed by atoms with E-state index in [0.29, 0.717) is 10.9 Å². The molecule has 0 bridgehead atoms. The van der Waals surface area contributed by atoms with Gasteiger partial charge in [-0.15, -0.1) is 11.3 Å². The highest BCUT2D eigenvalue weighted by molar-refractivity contribution is 9.11. The van der Waals surface area contributed by atoms with Gasteiger partial charge in [0.1, 0.15) is 0 Å². The summed E-state index contributed by atoms with van der Waals surface area (Å²) in [7, 11) is 2.25. The van der Waals surface area contributed by atoms with Gasteiger partial charge in [-0.05, 0) is 48.0 Å². The van der Waals surface area contributed by atoms with Crippen molar-refractivity contribution >= 4 is 43.2 Å². The summed E-state index contributed by atoms with van der Waals surface area (Å²) in [5.41, 5.74) is 0. The third kappa shape index (κ3) is 3.31. The molecule has 2 atom stereocenters. The third-order valence-electron chi connectivity index (χ3n) is 3.25. The van der Waals surface area contributed by atoms with Gasteiger partial charge in [0.05, 0.1) is 3.79 Å². The van der Waals surface area contributed by atoms with E-state index >= 15 is 0 Å². The van der Waals surface area contributed by atoms with Crippen LogP contribution in [0.5, 0.6) is 0 Å². The van der Waals surface area contributed by atoms with Gasteiger partial charge in [0.15, 0.2) is 0 Å². The van der Waals surface area contributed by atoms with Gasteiger partial charge in [0.2, 0.25) is 0 Å². The minimum Gasteiger partial charge on any atom is -0.297 e. The molecule has 2 unspecified atom stereocenters. The Labute approximate surface area is 118 Å². The molecule has 1 aliphatic rings. The highest BCUT2D eigenvalue weighted by atomic mass is 79.9. The van der Waals surface area contributed by atoms with Crippen molar-refractivity contribution in [3.63, 3.8) is 0 Å². The lowest BCUT2D eigenvalue weighted by molar-refractivity contribution is 0.194. The number of alkyl halides is 1. The fourth-order valence-electron chi connectivity index (χ4n) is 2.36. The number of rotatable bonds is 3. The SMILES string of the molecule is CN(Cc1ccc(Br)s1)C1CCCCC1Br. The Morgan fingerprint density at radius 3 is 2.75 bits per heavy atom. The normalized spacial score (nSPS) is 26.2. The van der Waals surface area contributed by atoms with Gasteiger partial charge in [0.25, 0.3) is 0 Å². The number of halogens is 2. The zero-order valence-electron chi connectivity index (χ0n) is 9.46. The maximum absolute atomic E-state index is 3.83. The van der Waals surface area contributed by atoms with Crippen molar-refractivity contribution in [1.82, 2.24) is 4.90 Å². The van der Waals surface area contributed by atoms with E-state index in [1.165, 1.54) is 34.3 Å². The van der Waals surface area contributed by atoms with Gasteiger partial charge in [-0.2, -0.15) is 0 Å². The molecule has 1 fully saturated rings. The van der Waals surface area contributed by atoms with Crippen LogP contribution >= 0.6 is 43.2 Å². The molecule has 1 nitrogen and oxygen atoms in total. The predicted octanol–water partition coefficient (Wildman–Crippen LogP) is 4.65. The maximum Gasteiger partial charge on any atom is 0.0701 e. The minimum atomic E-state index is 0.676. The van der Waals surface area contributed by atoms with Crippen LogP contribution < -0.4 is 0 Å². The van der Waals surface area contributed by atoms with Crippen LogP contribution in [0.3, 0.4) is 0 Å². The lowest BCUT2D eigenvalue weighted by Gasteiger charge is -2.34. The molecule has 90 valence electrons. The molecule has 1 aromatic heterocycles. The fraction of sp³-hybridized carbons (Fsp3) is 0.667. The summed E-state index contributed by atoms with van der Waals surface area (Å²) in [6, 6.07) is 5.06. The molecule has 2 rings (SSSR count). The number of hydrogen-bond donors (Lipinski definition) is 0. The van der Waals surface area contributed by atoms with Crippen LogP contribution in [0.25, 0.3) is 0 Å². The number of hydrogen-bond acceptors (Lipinski definition) is 2. The molecule has 0 N–H and O–H groups in total. The average Bonchev–Trinajstić information content (AvgIpc) is 2.64. The van der Waals surface area contributed by atoms with Gasteiger partial charge < -0.3 is 0 Å². The Morgan fingerprint density at radius 2 is 2.12 bits per heavy atom. The molecule has 1 aromatic rings. The minimum absolute atomic E-state index is 0.676. The molecule has 0 spiro atoms. The Hall–Kier alpha value is 0.620. The number of thiophene rings is 1. The van der Waals surface area contributed by atoms with E-state index in [9.17, 15) is 0 Å². The summed E-state index contributed by atoms with van der Waals surface area (Å²) in [5, 5.41) is 0. The van der Waals surface area contributed by atoms with Crippen LogP contribution in [-0.4, -0.2) is 22.8 Å². The molecule has 0 amide bonds. The summed E-state index contributed by atoms with van der Waals surface area (Å²) in [6.45, 7) is 1.07. The molecule has 4 heteroatoms. The van der Waals surface area contributed by atoms with Crippen LogP contribution in [-0.2, 0) is 6.54 Å². The van der Waals surface area contributed by atoms with Crippen molar-refractivity contribution in [2.45, 2.75) is 43.1 Å². The summed E-state index contributed by atoms with van der Waals surface area (Å²) in [4.78, 5) is 4.62. The highest BCUT2D eigenvalue weighted by Gasteiger charge is 2.26. The molecule has 1 heterocycles. The third-order valence-corrected chi connectivity index (χ3v) is 5.92. The smallest absolute Gasteiger partial charge is 0.0701 e. The van der Waals surface area contributed by atoms with Gasteiger partial charge in [-0.3, -0.25) is 4.90 Å². The molecule has 0 saturated heterocycles. The van der Waals surface area contributed by atoms with Gasteiger partial charge in [0, 0.05) is 22.3 Å². The van der Waals surface area contributed by atoms with E-state index in [-0.39, 0.29) is 0 Å². The lowest BCUT2D eigenvalue weighted by atomic mass is 9.94. The Balaban J connectivity index is 1.93. The first kappa shape index (κ1) is 13.1. The van der Waals surface area contributed by atoms with Crippen molar-refractivity contribution in [1.29, 1.82) is 0 Å². The van der Waals surface area contributed by atoms with Gasteiger partial charge in [-0.1, -0.05) is 28.8 Å². The zero-order chi connectivity index (χ0) is 11.5. The second-order valence-electron chi connectivity index (χ2n) is 4.49. The first-order valence-electron chi connectivity index (χ1n) is 5.75. The first-order chi connectivity index (χ1) is 7.66. The Bertz CT molecular complexity index is 340. The quantitative estimate of drug-likeness (QED) is 0.704. The van der Waals surface area contributed by atoms with Crippen molar-refractivity contribution in [3.8, 4) is 0 Å². The average molecular weight is 367 g/mol. The molecular weight excluding hydrogens is 350 g/mol. The summed E-state index contributed by atoms with van der Waals surface area (Å²) in [6.07, 6.45) is 5.41. The molecular formula is C12H17Br2NS.